The van der Waals surface area contributed by atoms with E-state index in [9.17, 15) is 14.6 Å². The number of alkyl halides is 1. The second-order valence-electron chi connectivity index (χ2n) is 7.50. The summed E-state index contributed by atoms with van der Waals surface area (Å²) in [5.74, 6) is 0.591. The van der Waals surface area contributed by atoms with E-state index in [1.807, 2.05) is 65.6 Å². The third-order valence-corrected chi connectivity index (χ3v) is 5.64. The monoisotopic (exact) mass is 393 g/mol. The first-order valence-corrected chi connectivity index (χ1v) is 9.76. The van der Waals surface area contributed by atoms with E-state index in [0.29, 0.717) is 35.7 Å². The molecule has 1 aliphatic rings. The van der Waals surface area contributed by atoms with Gasteiger partial charge in [-0.3, -0.25) is 4.98 Å². The molecule has 1 fully saturated rings. The van der Waals surface area contributed by atoms with Crippen molar-refractivity contribution in [3.63, 3.8) is 0 Å². The fourth-order valence-electron chi connectivity index (χ4n) is 3.80. The standard InChI is InChI=1S/C23H24FN3O2/c24-22(17-28)11-13-27(14-12-22)21-16-25-15-20(26-21)23(29,18-7-3-1-4-8-18)19-9-5-2-6-10-19/h1-10,15-16,28-29H,11-14,17H2. The van der Waals surface area contributed by atoms with Gasteiger partial charge >= 0.3 is 0 Å². The van der Waals surface area contributed by atoms with Crippen molar-refractivity contribution in [2.75, 3.05) is 24.6 Å². The lowest BCUT2D eigenvalue weighted by Gasteiger charge is -2.36. The van der Waals surface area contributed by atoms with Gasteiger partial charge in [-0.25, -0.2) is 9.37 Å². The summed E-state index contributed by atoms with van der Waals surface area (Å²) in [5.41, 5.74) is -1.20. The smallest absolute Gasteiger partial charge is 0.158 e. The van der Waals surface area contributed by atoms with Crippen molar-refractivity contribution in [3.05, 3.63) is 89.9 Å². The highest BCUT2D eigenvalue weighted by Crippen LogP contribution is 2.36. The van der Waals surface area contributed by atoms with Crippen LogP contribution in [0.3, 0.4) is 0 Å². The molecule has 0 radical (unpaired) electrons. The Morgan fingerprint density at radius 2 is 1.48 bits per heavy atom. The van der Waals surface area contributed by atoms with Gasteiger partial charge in [-0.1, -0.05) is 60.7 Å². The van der Waals surface area contributed by atoms with Crippen LogP contribution >= 0.6 is 0 Å². The van der Waals surface area contributed by atoms with E-state index >= 15 is 0 Å². The Kier molecular flexibility index (Phi) is 5.30. The van der Waals surface area contributed by atoms with Crippen LogP contribution < -0.4 is 4.90 Å². The molecule has 0 unspecified atom stereocenters. The van der Waals surface area contributed by atoms with Gasteiger partial charge in [-0.2, -0.15) is 0 Å². The molecular weight excluding hydrogens is 369 g/mol. The molecule has 0 amide bonds. The van der Waals surface area contributed by atoms with Crippen LogP contribution in [0.5, 0.6) is 0 Å². The summed E-state index contributed by atoms with van der Waals surface area (Å²) in [6.07, 6.45) is 3.67. The zero-order chi connectivity index (χ0) is 20.3. The van der Waals surface area contributed by atoms with Crippen LogP contribution in [0.2, 0.25) is 0 Å². The van der Waals surface area contributed by atoms with Gasteiger partial charge in [0.05, 0.1) is 19.0 Å². The number of aliphatic hydroxyl groups excluding tert-OH is 1. The molecular formula is C23H24FN3O2. The second kappa shape index (κ2) is 7.89. The fraction of sp³-hybridized carbons (Fsp3) is 0.304. The molecule has 0 saturated carbocycles. The molecule has 0 aliphatic carbocycles. The first kappa shape index (κ1) is 19.5. The molecule has 1 aromatic heterocycles. The summed E-state index contributed by atoms with van der Waals surface area (Å²) in [6, 6.07) is 18.7. The maximum absolute atomic E-state index is 14.3. The van der Waals surface area contributed by atoms with Crippen LogP contribution in [0.25, 0.3) is 0 Å². The van der Waals surface area contributed by atoms with E-state index in [2.05, 4.69) is 4.98 Å². The van der Waals surface area contributed by atoms with Crippen LogP contribution in [-0.2, 0) is 5.60 Å². The number of benzene rings is 2. The van der Waals surface area contributed by atoms with Crippen molar-refractivity contribution in [3.8, 4) is 0 Å². The Labute approximate surface area is 169 Å². The quantitative estimate of drug-likeness (QED) is 0.697. The van der Waals surface area contributed by atoms with E-state index in [1.54, 1.807) is 12.4 Å². The van der Waals surface area contributed by atoms with Gasteiger partial charge in [0.1, 0.15) is 17.2 Å². The summed E-state index contributed by atoms with van der Waals surface area (Å²) < 4.78 is 14.3. The van der Waals surface area contributed by atoms with Crippen LogP contribution in [0, 0.1) is 0 Å². The molecule has 1 saturated heterocycles. The van der Waals surface area contributed by atoms with Crippen LogP contribution in [0.15, 0.2) is 73.1 Å². The number of hydrogen-bond acceptors (Lipinski definition) is 5. The summed E-state index contributed by atoms with van der Waals surface area (Å²) in [4.78, 5) is 11.0. The molecule has 0 atom stereocenters. The Balaban J connectivity index is 1.73. The zero-order valence-electron chi connectivity index (χ0n) is 16.1. The number of halogens is 1. The first-order chi connectivity index (χ1) is 14.0. The Bertz CT molecular complexity index is 905. The molecule has 2 aromatic carbocycles. The molecule has 150 valence electrons. The number of piperidine rings is 1. The molecule has 0 spiro atoms. The highest BCUT2D eigenvalue weighted by atomic mass is 19.1. The molecule has 5 nitrogen and oxygen atoms in total. The third-order valence-electron chi connectivity index (χ3n) is 5.64. The molecule has 4 rings (SSSR count). The summed E-state index contributed by atoms with van der Waals surface area (Å²) in [7, 11) is 0. The van der Waals surface area contributed by atoms with E-state index < -0.39 is 17.9 Å². The third kappa shape index (κ3) is 3.73. The van der Waals surface area contributed by atoms with Gasteiger partial charge in [-0.05, 0) is 11.1 Å². The van der Waals surface area contributed by atoms with Crippen molar-refractivity contribution in [1.82, 2.24) is 9.97 Å². The molecule has 3 aromatic rings. The molecule has 0 bridgehead atoms. The van der Waals surface area contributed by atoms with E-state index in [1.165, 1.54) is 0 Å². The van der Waals surface area contributed by atoms with Crippen LogP contribution in [0.1, 0.15) is 29.7 Å². The van der Waals surface area contributed by atoms with Crippen molar-refractivity contribution in [1.29, 1.82) is 0 Å². The summed E-state index contributed by atoms with van der Waals surface area (Å²) >= 11 is 0. The van der Waals surface area contributed by atoms with Gasteiger partial charge in [-0.15, -0.1) is 0 Å². The normalized spacial score (nSPS) is 16.6. The van der Waals surface area contributed by atoms with Gasteiger partial charge in [0, 0.05) is 25.9 Å². The molecule has 29 heavy (non-hydrogen) atoms. The predicted octanol–water partition coefficient (Wildman–Crippen LogP) is 3.06. The first-order valence-electron chi connectivity index (χ1n) is 9.76. The minimum absolute atomic E-state index is 0.233. The van der Waals surface area contributed by atoms with Crippen molar-refractivity contribution >= 4 is 5.82 Å². The maximum Gasteiger partial charge on any atom is 0.158 e. The van der Waals surface area contributed by atoms with Gasteiger partial charge in [0.15, 0.2) is 5.60 Å². The number of aromatic nitrogens is 2. The predicted molar refractivity (Wildman–Crippen MR) is 109 cm³/mol. The lowest BCUT2D eigenvalue weighted by molar-refractivity contribution is 0.0479. The molecule has 2 N–H and O–H groups in total. The van der Waals surface area contributed by atoms with Crippen molar-refractivity contribution in [2.24, 2.45) is 0 Å². The lowest BCUT2D eigenvalue weighted by Crippen LogP contribution is -2.44. The number of hydrogen-bond donors (Lipinski definition) is 2. The van der Waals surface area contributed by atoms with Crippen molar-refractivity contribution in [2.45, 2.75) is 24.1 Å². The number of nitrogens with zero attached hydrogens (tertiary/aromatic N) is 3. The highest BCUT2D eigenvalue weighted by molar-refractivity contribution is 5.46. The SMILES string of the molecule is OCC1(F)CCN(c2cncc(C(O)(c3ccccc3)c3ccccc3)n2)CC1. The number of rotatable bonds is 5. The van der Waals surface area contributed by atoms with E-state index in [4.69, 9.17) is 4.98 Å². The van der Waals surface area contributed by atoms with E-state index in [-0.39, 0.29) is 12.8 Å². The largest absolute Gasteiger partial charge is 0.393 e. The second-order valence-corrected chi connectivity index (χ2v) is 7.50. The van der Waals surface area contributed by atoms with Gasteiger partial charge < -0.3 is 15.1 Å². The Hall–Kier alpha value is -2.83. The maximum atomic E-state index is 14.3. The lowest BCUT2D eigenvalue weighted by atomic mass is 9.83. The van der Waals surface area contributed by atoms with Crippen molar-refractivity contribution < 1.29 is 14.6 Å². The topological polar surface area (TPSA) is 69.5 Å². The summed E-state index contributed by atoms with van der Waals surface area (Å²) in [5, 5.41) is 21.1. The highest BCUT2D eigenvalue weighted by Gasteiger charge is 2.37. The van der Waals surface area contributed by atoms with Gasteiger partial charge in [0.25, 0.3) is 0 Å². The average molecular weight is 393 g/mol. The minimum Gasteiger partial charge on any atom is -0.393 e. The summed E-state index contributed by atoms with van der Waals surface area (Å²) in [6.45, 7) is 0.406. The molecule has 6 heteroatoms. The van der Waals surface area contributed by atoms with Crippen LogP contribution in [0.4, 0.5) is 10.2 Å². The Morgan fingerprint density at radius 3 is 2.00 bits per heavy atom. The minimum atomic E-state index is -1.53. The average Bonchev–Trinajstić information content (AvgIpc) is 2.80. The fourth-order valence-corrected chi connectivity index (χ4v) is 3.80. The van der Waals surface area contributed by atoms with E-state index in [0.717, 1.165) is 0 Å². The molecule has 1 aliphatic heterocycles. The molecule has 2 heterocycles. The number of anilines is 1. The van der Waals surface area contributed by atoms with Gasteiger partial charge in [0.2, 0.25) is 0 Å². The van der Waals surface area contributed by atoms with Crippen LogP contribution in [-0.4, -0.2) is 45.5 Å². The number of aliphatic hydroxyl groups is 2. The Morgan fingerprint density at radius 1 is 0.931 bits per heavy atom. The zero-order valence-corrected chi connectivity index (χ0v) is 16.1.